The lowest BCUT2D eigenvalue weighted by molar-refractivity contribution is 0.0753. The second kappa shape index (κ2) is 10.1. The minimum atomic E-state index is 0.641. The molecule has 0 spiro atoms. The zero-order valence-corrected chi connectivity index (χ0v) is 19.6. The summed E-state index contributed by atoms with van der Waals surface area (Å²) in [5.74, 6) is 2.57. The number of fused-ring (bicyclic) bond motifs is 1. The summed E-state index contributed by atoms with van der Waals surface area (Å²) in [5, 5.41) is 3.35. The van der Waals surface area contributed by atoms with Crippen LogP contribution in [0.25, 0.3) is 21.3 Å². The molecule has 0 aliphatic carbocycles. The van der Waals surface area contributed by atoms with Gasteiger partial charge in [0.15, 0.2) is 0 Å². The van der Waals surface area contributed by atoms with Crippen LogP contribution in [0, 0.1) is 5.92 Å². The van der Waals surface area contributed by atoms with Gasteiger partial charge in [0.1, 0.15) is 22.7 Å². The maximum atomic E-state index is 6.04. The highest BCUT2D eigenvalue weighted by Gasteiger charge is 2.24. The smallest absolute Gasteiger partial charge is 0.141 e. The van der Waals surface area contributed by atoms with E-state index in [-0.39, 0.29) is 0 Å². The van der Waals surface area contributed by atoms with Crippen LogP contribution in [-0.2, 0) is 4.74 Å². The van der Waals surface area contributed by atoms with Crippen LogP contribution in [-0.4, -0.2) is 67.9 Å². The van der Waals surface area contributed by atoms with Gasteiger partial charge in [-0.1, -0.05) is 12.1 Å². The largest absolute Gasteiger partial charge is 0.497 e. The van der Waals surface area contributed by atoms with Gasteiger partial charge in [0.25, 0.3) is 0 Å². The summed E-state index contributed by atoms with van der Waals surface area (Å²) in [6, 6.07) is 8.24. The molecule has 32 heavy (non-hydrogen) atoms. The van der Waals surface area contributed by atoms with Crippen molar-refractivity contribution in [2.45, 2.75) is 25.7 Å². The SMILES string of the molecule is COc1cccc(-c2csc3ncnc(N4CCC(COCCN5CCCC5)CC4)c23)c1. The predicted molar refractivity (Wildman–Crippen MR) is 131 cm³/mol. The maximum Gasteiger partial charge on any atom is 0.141 e. The Morgan fingerprint density at radius 2 is 1.94 bits per heavy atom. The molecule has 2 aromatic heterocycles. The molecular formula is C25H32N4O2S. The third kappa shape index (κ3) is 4.75. The second-order valence-electron chi connectivity index (χ2n) is 8.81. The van der Waals surface area contributed by atoms with Crippen LogP contribution in [0.4, 0.5) is 5.82 Å². The number of nitrogens with zero attached hydrogens (tertiary/aromatic N) is 4. The number of ether oxygens (including phenoxy) is 2. The molecule has 0 unspecified atom stereocenters. The van der Waals surface area contributed by atoms with Crippen molar-refractivity contribution >= 4 is 27.4 Å². The third-order valence-electron chi connectivity index (χ3n) is 6.75. The minimum absolute atomic E-state index is 0.641. The molecule has 0 saturated carbocycles. The van der Waals surface area contributed by atoms with Crippen LogP contribution in [0.3, 0.4) is 0 Å². The monoisotopic (exact) mass is 452 g/mol. The van der Waals surface area contributed by atoms with E-state index in [1.807, 2.05) is 12.1 Å². The van der Waals surface area contributed by atoms with Crippen LogP contribution < -0.4 is 9.64 Å². The Kier molecular flexibility index (Phi) is 6.86. The van der Waals surface area contributed by atoms with Crippen molar-refractivity contribution in [2.24, 2.45) is 5.92 Å². The molecular weight excluding hydrogens is 420 g/mol. The number of hydrogen-bond donors (Lipinski definition) is 0. The van der Waals surface area contributed by atoms with E-state index in [1.54, 1.807) is 24.8 Å². The van der Waals surface area contributed by atoms with E-state index in [4.69, 9.17) is 14.5 Å². The van der Waals surface area contributed by atoms with Crippen LogP contribution in [0.15, 0.2) is 36.0 Å². The molecule has 0 amide bonds. The molecule has 0 bridgehead atoms. The quantitative estimate of drug-likeness (QED) is 0.462. The number of rotatable bonds is 8. The zero-order valence-electron chi connectivity index (χ0n) is 18.8. The van der Waals surface area contributed by atoms with Gasteiger partial charge in [0.2, 0.25) is 0 Å². The van der Waals surface area contributed by atoms with Gasteiger partial charge in [-0.15, -0.1) is 11.3 Å². The number of methoxy groups -OCH3 is 1. The predicted octanol–water partition coefficient (Wildman–Crippen LogP) is 4.70. The number of anilines is 1. The first-order valence-corrected chi connectivity index (χ1v) is 12.6. The Morgan fingerprint density at radius 1 is 1.09 bits per heavy atom. The summed E-state index contributed by atoms with van der Waals surface area (Å²) >= 11 is 1.68. The van der Waals surface area contributed by atoms with E-state index >= 15 is 0 Å². The summed E-state index contributed by atoms with van der Waals surface area (Å²) in [6.07, 6.45) is 6.69. The topological polar surface area (TPSA) is 50.7 Å². The highest BCUT2D eigenvalue weighted by atomic mass is 32.1. The standard InChI is InChI=1S/C25H32N4O2S/c1-30-21-6-4-5-20(15-21)22-17-32-25-23(22)24(26-18-27-25)29-11-7-19(8-12-29)16-31-14-13-28-9-2-3-10-28/h4-6,15,17-19H,2-3,7-14,16H2,1H3. The molecule has 6 nitrogen and oxygen atoms in total. The maximum absolute atomic E-state index is 6.04. The highest BCUT2D eigenvalue weighted by Crippen LogP contribution is 2.39. The second-order valence-corrected chi connectivity index (χ2v) is 9.67. The Balaban J connectivity index is 1.24. The molecule has 2 fully saturated rings. The van der Waals surface area contributed by atoms with Gasteiger partial charge in [0.05, 0.1) is 19.1 Å². The van der Waals surface area contributed by atoms with E-state index in [0.717, 1.165) is 73.0 Å². The lowest BCUT2D eigenvalue weighted by atomic mass is 9.97. The molecule has 5 rings (SSSR count). The van der Waals surface area contributed by atoms with E-state index in [1.165, 1.54) is 31.5 Å². The van der Waals surface area contributed by atoms with Crippen molar-refractivity contribution in [2.75, 3.05) is 57.9 Å². The molecule has 3 aromatic rings. The Hall–Kier alpha value is -2.22. The van der Waals surface area contributed by atoms with Crippen molar-refractivity contribution in [1.82, 2.24) is 14.9 Å². The fourth-order valence-electron chi connectivity index (χ4n) is 4.86. The molecule has 2 aliphatic rings. The molecule has 0 N–H and O–H groups in total. The van der Waals surface area contributed by atoms with Gasteiger partial charge in [-0.25, -0.2) is 9.97 Å². The van der Waals surface area contributed by atoms with E-state index in [0.29, 0.717) is 5.92 Å². The number of hydrogen-bond acceptors (Lipinski definition) is 7. The van der Waals surface area contributed by atoms with Crippen LogP contribution in [0.2, 0.25) is 0 Å². The Bertz CT molecular complexity index is 1030. The molecule has 2 saturated heterocycles. The minimum Gasteiger partial charge on any atom is -0.497 e. The fourth-order valence-corrected chi connectivity index (χ4v) is 5.77. The lowest BCUT2D eigenvalue weighted by Crippen LogP contribution is -2.36. The molecule has 170 valence electrons. The van der Waals surface area contributed by atoms with Crippen LogP contribution >= 0.6 is 11.3 Å². The number of likely N-dealkylation sites (tertiary alicyclic amines) is 1. The number of thiophene rings is 1. The van der Waals surface area contributed by atoms with Crippen molar-refractivity contribution in [3.63, 3.8) is 0 Å². The number of piperidine rings is 1. The van der Waals surface area contributed by atoms with Gasteiger partial charge in [0, 0.05) is 37.2 Å². The van der Waals surface area contributed by atoms with Crippen LogP contribution in [0.1, 0.15) is 25.7 Å². The lowest BCUT2D eigenvalue weighted by Gasteiger charge is -2.33. The average Bonchev–Trinajstić information content (AvgIpc) is 3.52. The van der Waals surface area contributed by atoms with Gasteiger partial charge < -0.3 is 19.3 Å². The first kappa shape index (κ1) is 21.6. The summed E-state index contributed by atoms with van der Waals surface area (Å²) in [5.41, 5.74) is 2.33. The van der Waals surface area contributed by atoms with E-state index < -0.39 is 0 Å². The summed E-state index contributed by atoms with van der Waals surface area (Å²) < 4.78 is 11.5. The number of aromatic nitrogens is 2. The van der Waals surface area contributed by atoms with Crippen molar-refractivity contribution in [3.8, 4) is 16.9 Å². The van der Waals surface area contributed by atoms with Gasteiger partial charge in [-0.3, -0.25) is 0 Å². The molecule has 2 aliphatic heterocycles. The first-order valence-electron chi connectivity index (χ1n) is 11.7. The van der Waals surface area contributed by atoms with Gasteiger partial charge in [-0.2, -0.15) is 0 Å². The van der Waals surface area contributed by atoms with E-state index in [2.05, 4.69) is 32.3 Å². The normalized spacial score (nSPS) is 18.0. The van der Waals surface area contributed by atoms with Gasteiger partial charge in [-0.05, 0) is 62.4 Å². The van der Waals surface area contributed by atoms with Crippen molar-refractivity contribution < 1.29 is 9.47 Å². The average molecular weight is 453 g/mol. The Labute approximate surface area is 194 Å². The first-order chi connectivity index (χ1) is 15.8. The molecule has 0 radical (unpaired) electrons. The fraction of sp³-hybridized carbons (Fsp3) is 0.520. The Morgan fingerprint density at radius 3 is 2.75 bits per heavy atom. The molecule has 1 aromatic carbocycles. The zero-order chi connectivity index (χ0) is 21.8. The third-order valence-corrected chi connectivity index (χ3v) is 7.64. The van der Waals surface area contributed by atoms with Crippen molar-refractivity contribution in [1.29, 1.82) is 0 Å². The molecule has 0 atom stereocenters. The molecule has 4 heterocycles. The van der Waals surface area contributed by atoms with E-state index in [9.17, 15) is 0 Å². The number of benzene rings is 1. The van der Waals surface area contributed by atoms with Gasteiger partial charge >= 0.3 is 0 Å². The summed E-state index contributed by atoms with van der Waals surface area (Å²) in [7, 11) is 1.71. The molecule has 7 heteroatoms. The highest BCUT2D eigenvalue weighted by molar-refractivity contribution is 7.17. The van der Waals surface area contributed by atoms with Crippen molar-refractivity contribution in [3.05, 3.63) is 36.0 Å². The summed E-state index contributed by atoms with van der Waals surface area (Å²) in [4.78, 5) is 15.3. The van der Waals surface area contributed by atoms with Crippen LogP contribution in [0.5, 0.6) is 5.75 Å². The summed E-state index contributed by atoms with van der Waals surface area (Å²) in [6.45, 7) is 7.35.